The van der Waals surface area contributed by atoms with Gasteiger partial charge in [0.15, 0.2) is 0 Å². The maximum atomic E-state index is 13.1. The monoisotopic (exact) mass is 349 g/mol. The number of amides is 1. The van der Waals surface area contributed by atoms with E-state index >= 15 is 0 Å². The zero-order valence-electron chi connectivity index (χ0n) is 15.1. The molecule has 6 nitrogen and oxygen atoms in total. The minimum atomic E-state index is -0.204. The number of nitrogens with zero attached hydrogens (tertiary/aromatic N) is 5. The second-order valence-electron chi connectivity index (χ2n) is 6.47. The van der Waals surface area contributed by atoms with Crippen molar-refractivity contribution < 1.29 is 4.79 Å². The lowest BCUT2D eigenvalue weighted by atomic mass is 10.1. The number of carbonyl (C=O) groups excluding carboxylic acids is 1. The van der Waals surface area contributed by atoms with Crippen LogP contribution >= 0.6 is 0 Å². The second kappa shape index (κ2) is 8.38. The number of hydrogen-bond donors (Lipinski definition) is 0. The van der Waals surface area contributed by atoms with E-state index in [1.165, 1.54) is 6.33 Å². The van der Waals surface area contributed by atoms with Crippen molar-refractivity contribution in [1.82, 2.24) is 24.6 Å². The third-order valence-corrected chi connectivity index (χ3v) is 4.34. The summed E-state index contributed by atoms with van der Waals surface area (Å²) in [5.41, 5.74) is 3.11. The Morgan fingerprint density at radius 3 is 2.65 bits per heavy atom. The molecular weight excluding hydrogens is 326 g/mol. The van der Waals surface area contributed by atoms with Crippen LogP contribution in [0.25, 0.3) is 0 Å². The second-order valence-corrected chi connectivity index (χ2v) is 6.47. The van der Waals surface area contributed by atoms with Crippen LogP contribution in [0.2, 0.25) is 0 Å². The van der Waals surface area contributed by atoms with Gasteiger partial charge < -0.3 is 4.90 Å². The Kier molecular flexibility index (Phi) is 5.73. The Balaban J connectivity index is 1.79. The van der Waals surface area contributed by atoms with Crippen molar-refractivity contribution in [2.24, 2.45) is 5.92 Å². The van der Waals surface area contributed by atoms with Crippen LogP contribution in [0.1, 0.15) is 23.7 Å². The van der Waals surface area contributed by atoms with Crippen LogP contribution in [-0.2, 0) is 24.4 Å². The van der Waals surface area contributed by atoms with Gasteiger partial charge in [-0.2, -0.15) is 5.10 Å². The van der Waals surface area contributed by atoms with E-state index < -0.39 is 0 Å². The van der Waals surface area contributed by atoms with E-state index in [0.717, 1.165) is 16.8 Å². The third-order valence-electron chi connectivity index (χ3n) is 4.34. The van der Waals surface area contributed by atoms with E-state index in [1.54, 1.807) is 17.2 Å². The van der Waals surface area contributed by atoms with Crippen LogP contribution in [0.15, 0.2) is 61.3 Å². The first-order valence-corrected chi connectivity index (χ1v) is 8.69. The Morgan fingerprint density at radius 1 is 1.15 bits per heavy atom. The first-order valence-electron chi connectivity index (χ1n) is 8.69. The Labute approximate surface area is 153 Å². The summed E-state index contributed by atoms with van der Waals surface area (Å²) in [6.45, 7) is 5.49. The maximum Gasteiger partial charge on any atom is 0.227 e. The molecule has 0 saturated heterocycles. The molecule has 0 spiro atoms. The van der Waals surface area contributed by atoms with Gasteiger partial charge >= 0.3 is 0 Å². The van der Waals surface area contributed by atoms with Crippen LogP contribution in [0, 0.1) is 12.8 Å². The predicted molar refractivity (Wildman–Crippen MR) is 98.9 cm³/mol. The van der Waals surface area contributed by atoms with Crippen LogP contribution in [0.5, 0.6) is 0 Å². The molecular formula is C20H23N5O. The largest absolute Gasteiger partial charge is 0.332 e. The summed E-state index contributed by atoms with van der Waals surface area (Å²) in [6, 6.07) is 14.0. The zero-order valence-corrected chi connectivity index (χ0v) is 15.1. The van der Waals surface area contributed by atoms with Gasteiger partial charge in [0.05, 0.1) is 24.7 Å². The molecule has 0 aliphatic rings. The summed E-state index contributed by atoms with van der Waals surface area (Å²) in [5.74, 6) is -0.126. The summed E-state index contributed by atoms with van der Waals surface area (Å²) in [6.07, 6.45) is 4.89. The molecule has 2 aromatic heterocycles. The van der Waals surface area contributed by atoms with E-state index in [0.29, 0.717) is 19.6 Å². The molecule has 26 heavy (non-hydrogen) atoms. The first kappa shape index (κ1) is 17.8. The van der Waals surface area contributed by atoms with Crippen molar-refractivity contribution in [3.8, 4) is 0 Å². The third kappa shape index (κ3) is 4.53. The molecule has 0 saturated carbocycles. The van der Waals surface area contributed by atoms with Gasteiger partial charge in [-0.1, -0.05) is 43.3 Å². The van der Waals surface area contributed by atoms with Gasteiger partial charge in [0.1, 0.15) is 12.7 Å². The molecule has 0 N–H and O–H groups in total. The fourth-order valence-corrected chi connectivity index (χ4v) is 2.88. The average Bonchev–Trinajstić information content (AvgIpc) is 3.16. The normalized spacial score (nSPS) is 11.9. The smallest absolute Gasteiger partial charge is 0.227 e. The molecule has 134 valence electrons. The van der Waals surface area contributed by atoms with E-state index in [1.807, 2.05) is 61.2 Å². The van der Waals surface area contributed by atoms with Crippen LogP contribution < -0.4 is 0 Å². The molecule has 0 bridgehead atoms. The van der Waals surface area contributed by atoms with Gasteiger partial charge in [-0.3, -0.25) is 14.5 Å². The fraction of sp³-hybridized carbons (Fsp3) is 0.300. The Bertz CT molecular complexity index is 832. The molecule has 0 fully saturated rings. The molecule has 1 atom stereocenters. The highest BCUT2D eigenvalue weighted by molar-refractivity contribution is 5.78. The van der Waals surface area contributed by atoms with Crippen molar-refractivity contribution >= 4 is 5.91 Å². The number of carbonyl (C=O) groups is 1. The summed E-state index contributed by atoms with van der Waals surface area (Å²) in [5, 5.41) is 4.10. The lowest BCUT2D eigenvalue weighted by Gasteiger charge is -2.26. The minimum absolute atomic E-state index is 0.0782. The molecule has 2 heterocycles. The standard InChI is InChI=1S/C20H23N5O/c1-16-7-6-10-22-19(16)13-24(12-18-8-4-3-5-9-18)20(26)17(2)11-25-15-21-14-23-25/h3-10,14-15,17H,11-13H2,1-2H3. The highest BCUT2D eigenvalue weighted by Gasteiger charge is 2.22. The summed E-state index contributed by atoms with van der Waals surface area (Å²) in [7, 11) is 0. The zero-order chi connectivity index (χ0) is 18.4. The van der Waals surface area contributed by atoms with Crippen molar-refractivity contribution in [2.45, 2.75) is 33.5 Å². The van der Waals surface area contributed by atoms with E-state index in [9.17, 15) is 4.79 Å². The van der Waals surface area contributed by atoms with Crippen LogP contribution in [-0.4, -0.2) is 30.6 Å². The number of pyridine rings is 1. The summed E-state index contributed by atoms with van der Waals surface area (Å²) >= 11 is 0. The summed E-state index contributed by atoms with van der Waals surface area (Å²) < 4.78 is 1.69. The molecule has 3 aromatic rings. The molecule has 0 radical (unpaired) electrons. The molecule has 6 heteroatoms. The van der Waals surface area contributed by atoms with Crippen LogP contribution in [0.3, 0.4) is 0 Å². The van der Waals surface area contributed by atoms with Gasteiger partial charge in [0.2, 0.25) is 5.91 Å². The van der Waals surface area contributed by atoms with E-state index in [4.69, 9.17) is 0 Å². The number of rotatable bonds is 7. The SMILES string of the molecule is Cc1cccnc1CN(Cc1ccccc1)C(=O)C(C)Cn1cncn1. The lowest BCUT2D eigenvalue weighted by Crippen LogP contribution is -2.36. The molecule has 0 aliphatic carbocycles. The van der Waals surface area contributed by atoms with Crippen LogP contribution in [0.4, 0.5) is 0 Å². The van der Waals surface area contributed by atoms with Gasteiger partial charge in [0.25, 0.3) is 0 Å². The first-order chi connectivity index (χ1) is 12.6. The van der Waals surface area contributed by atoms with E-state index in [2.05, 4.69) is 15.1 Å². The van der Waals surface area contributed by atoms with Gasteiger partial charge in [-0.15, -0.1) is 0 Å². The average molecular weight is 349 g/mol. The number of benzene rings is 1. The van der Waals surface area contributed by atoms with Gasteiger partial charge in [-0.25, -0.2) is 4.98 Å². The summed E-state index contributed by atoms with van der Waals surface area (Å²) in [4.78, 5) is 23.4. The molecule has 1 amide bonds. The molecule has 1 aromatic carbocycles. The predicted octanol–water partition coefficient (Wildman–Crippen LogP) is 2.85. The lowest BCUT2D eigenvalue weighted by molar-refractivity contribution is -0.136. The molecule has 0 aliphatic heterocycles. The number of aromatic nitrogens is 4. The van der Waals surface area contributed by atoms with Gasteiger partial charge in [0, 0.05) is 12.7 Å². The Morgan fingerprint density at radius 2 is 1.96 bits per heavy atom. The highest BCUT2D eigenvalue weighted by atomic mass is 16.2. The van der Waals surface area contributed by atoms with Crippen molar-refractivity contribution in [1.29, 1.82) is 0 Å². The van der Waals surface area contributed by atoms with Crippen molar-refractivity contribution in [3.63, 3.8) is 0 Å². The minimum Gasteiger partial charge on any atom is -0.332 e. The highest BCUT2D eigenvalue weighted by Crippen LogP contribution is 2.15. The van der Waals surface area contributed by atoms with E-state index in [-0.39, 0.29) is 11.8 Å². The molecule has 1 unspecified atom stereocenters. The Hall–Kier alpha value is -3.02. The van der Waals surface area contributed by atoms with Gasteiger partial charge in [-0.05, 0) is 24.1 Å². The van der Waals surface area contributed by atoms with Crippen molar-refractivity contribution in [3.05, 3.63) is 78.1 Å². The topological polar surface area (TPSA) is 63.9 Å². The number of aryl methyl sites for hydroxylation is 1. The van der Waals surface area contributed by atoms with Crippen molar-refractivity contribution in [2.75, 3.05) is 0 Å². The quantitative estimate of drug-likeness (QED) is 0.658. The molecule has 3 rings (SSSR count). The number of hydrogen-bond acceptors (Lipinski definition) is 4. The maximum absolute atomic E-state index is 13.1. The fourth-order valence-electron chi connectivity index (χ4n) is 2.88.